The largest absolute Gasteiger partial charge is 0.481 e. The fourth-order valence-corrected chi connectivity index (χ4v) is 6.16. The van der Waals surface area contributed by atoms with E-state index in [2.05, 4.69) is 20.6 Å². The van der Waals surface area contributed by atoms with Crippen molar-refractivity contribution in [2.45, 2.75) is 63.8 Å². The highest BCUT2D eigenvalue weighted by Gasteiger charge is 2.48. The highest BCUT2D eigenvalue weighted by atomic mass is 35.5. The standard InChI is InChI=1S/C27H35Cl2N5O4/c28-21-7-6-18(14-22(21)29)15-23(33-26(38)31-11-8-20-16-30-17-32-20)24(35)34-12-9-27(10-13-34,25(36)37)19-4-2-1-3-5-19/h6-7,14,16-17,19,23H,1-5,8-13,15H2,(H,30,32)(H,36,37)(H2,31,33,38). The lowest BCUT2D eigenvalue weighted by molar-refractivity contribution is -0.160. The molecule has 2 aromatic rings. The lowest BCUT2D eigenvalue weighted by Crippen LogP contribution is -2.56. The average molecular weight is 565 g/mol. The van der Waals surface area contributed by atoms with E-state index in [9.17, 15) is 19.5 Å². The Labute approximate surface area is 232 Å². The van der Waals surface area contributed by atoms with Crippen molar-refractivity contribution in [2.24, 2.45) is 11.3 Å². The number of H-pyrrole nitrogens is 1. The van der Waals surface area contributed by atoms with E-state index in [1.807, 2.05) is 0 Å². The van der Waals surface area contributed by atoms with Gasteiger partial charge in [-0.05, 0) is 49.3 Å². The van der Waals surface area contributed by atoms with Gasteiger partial charge in [-0.3, -0.25) is 9.59 Å². The SMILES string of the molecule is O=C(NCCc1c[nH]cn1)NC(Cc1ccc(Cl)c(Cl)c1)C(=O)N1CCC(C(=O)O)(C2CCCCC2)CC1. The average Bonchev–Trinajstić information content (AvgIpc) is 3.44. The van der Waals surface area contributed by atoms with E-state index in [0.717, 1.165) is 43.4 Å². The molecule has 4 N–H and O–H groups in total. The number of piperidine rings is 1. The van der Waals surface area contributed by atoms with Gasteiger partial charge in [0.15, 0.2) is 0 Å². The van der Waals surface area contributed by atoms with Gasteiger partial charge in [-0.2, -0.15) is 0 Å². The second kappa shape index (κ2) is 12.8. The zero-order chi connectivity index (χ0) is 27.1. The fraction of sp³-hybridized carbons (Fsp3) is 0.556. The number of urea groups is 1. The summed E-state index contributed by atoms with van der Waals surface area (Å²) in [6, 6.07) is 3.83. The number of imidazole rings is 1. The van der Waals surface area contributed by atoms with Crippen molar-refractivity contribution in [1.82, 2.24) is 25.5 Å². The van der Waals surface area contributed by atoms with Crippen LogP contribution in [0.25, 0.3) is 0 Å². The minimum atomic E-state index is -0.843. The highest BCUT2D eigenvalue weighted by molar-refractivity contribution is 6.42. The molecule has 2 fully saturated rings. The van der Waals surface area contributed by atoms with Crippen molar-refractivity contribution in [3.8, 4) is 0 Å². The quantitative estimate of drug-likeness (QED) is 0.358. The number of carboxylic acids is 1. The van der Waals surface area contributed by atoms with E-state index in [4.69, 9.17) is 23.2 Å². The number of carbonyl (C=O) groups is 3. The molecule has 2 aliphatic rings. The third-order valence-corrected chi connectivity index (χ3v) is 8.77. The van der Waals surface area contributed by atoms with Crippen LogP contribution in [-0.4, -0.2) is 63.6 Å². The number of aromatic nitrogens is 2. The second-order valence-corrected chi connectivity index (χ2v) is 11.2. The van der Waals surface area contributed by atoms with Crippen LogP contribution in [0.2, 0.25) is 10.0 Å². The Morgan fingerprint density at radius 3 is 2.50 bits per heavy atom. The molecule has 11 heteroatoms. The fourth-order valence-electron chi connectivity index (χ4n) is 5.84. The second-order valence-electron chi connectivity index (χ2n) is 10.3. The summed E-state index contributed by atoms with van der Waals surface area (Å²) in [4.78, 5) is 47.5. The molecule has 0 radical (unpaired) electrons. The Balaban J connectivity index is 1.43. The summed E-state index contributed by atoms with van der Waals surface area (Å²) < 4.78 is 0. The minimum absolute atomic E-state index is 0.149. The zero-order valence-electron chi connectivity index (χ0n) is 21.3. The van der Waals surface area contributed by atoms with Crippen LogP contribution in [0.4, 0.5) is 4.79 Å². The lowest BCUT2D eigenvalue weighted by Gasteiger charge is -2.45. The van der Waals surface area contributed by atoms with Gasteiger partial charge < -0.3 is 25.6 Å². The number of likely N-dealkylation sites (tertiary alicyclic amines) is 1. The van der Waals surface area contributed by atoms with Crippen LogP contribution in [0.3, 0.4) is 0 Å². The Hall–Kier alpha value is -2.78. The summed E-state index contributed by atoms with van der Waals surface area (Å²) in [5, 5.41) is 16.6. The van der Waals surface area contributed by atoms with E-state index in [1.165, 1.54) is 0 Å². The Morgan fingerprint density at radius 2 is 1.87 bits per heavy atom. The number of rotatable bonds is 9. The molecule has 1 unspecified atom stereocenters. The molecule has 1 aromatic carbocycles. The van der Waals surface area contributed by atoms with E-state index in [1.54, 1.807) is 35.6 Å². The topological polar surface area (TPSA) is 127 Å². The van der Waals surface area contributed by atoms with Crippen molar-refractivity contribution >= 4 is 41.1 Å². The number of halogens is 2. The van der Waals surface area contributed by atoms with Gasteiger partial charge in [0.1, 0.15) is 6.04 Å². The maximum absolute atomic E-state index is 13.7. The van der Waals surface area contributed by atoms with Crippen molar-refractivity contribution in [3.63, 3.8) is 0 Å². The van der Waals surface area contributed by atoms with Gasteiger partial charge in [0, 0.05) is 38.7 Å². The Morgan fingerprint density at radius 1 is 1.13 bits per heavy atom. The van der Waals surface area contributed by atoms with Crippen LogP contribution in [0, 0.1) is 11.3 Å². The van der Waals surface area contributed by atoms with Crippen LogP contribution in [-0.2, 0) is 22.4 Å². The third kappa shape index (κ3) is 6.80. The summed E-state index contributed by atoms with van der Waals surface area (Å²) in [7, 11) is 0. The van der Waals surface area contributed by atoms with Gasteiger partial charge in [-0.25, -0.2) is 9.78 Å². The van der Waals surface area contributed by atoms with Gasteiger partial charge in [-0.1, -0.05) is 48.5 Å². The molecule has 3 amide bonds. The first-order valence-corrected chi connectivity index (χ1v) is 14.0. The maximum Gasteiger partial charge on any atom is 0.315 e. The van der Waals surface area contributed by atoms with Gasteiger partial charge in [0.2, 0.25) is 5.91 Å². The molecule has 206 valence electrons. The number of aromatic amines is 1. The van der Waals surface area contributed by atoms with Gasteiger partial charge in [-0.15, -0.1) is 0 Å². The summed E-state index contributed by atoms with van der Waals surface area (Å²) in [6.07, 6.45) is 10.1. The third-order valence-electron chi connectivity index (χ3n) is 8.03. The molecule has 1 atom stereocenters. The van der Waals surface area contributed by atoms with E-state index in [0.29, 0.717) is 48.9 Å². The van der Waals surface area contributed by atoms with Gasteiger partial charge in [0.05, 0.1) is 27.5 Å². The predicted octanol–water partition coefficient (Wildman–Crippen LogP) is 4.44. The summed E-state index contributed by atoms with van der Waals surface area (Å²) in [5.41, 5.74) is 0.795. The van der Waals surface area contributed by atoms with Crippen molar-refractivity contribution in [2.75, 3.05) is 19.6 Å². The van der Waals surface area contributed by atoms with Gasteiger partial charge >= 0.3 is 12.0 Å². The molecule has 0 spiro atoms. The lowest BCUT2D eigenvalue weighted by atomic mass is 9.64. The number of benzene rings is 1. The van der Waals surface area contributed by atoms with Crippen LogP contribution in [0.1, 0.15) is 56.2 Å². The molecule has 2 heterocycles. The molecular formula is C27H35Cl2N5O4. The summed E-state index contributed by atoms with van der Waals surface area (Å²) >= 11 is 12.3. The zero-order valence-corrected chi connectivity index (χ0v) is 22.9. The number of nitrogens with zero attached hydrogens (tertiary/aromatic N) is 2. The minimum Gasteiger partial charge on any atom is -0.481 e. The van der Waals surface area contributed by atoms with Crippen molar-refractivity contribution < 1.29 is 19.5 Å². The van der Waals surface area contributed by atoms with Crippen LogP contribution in [0.5, 0.6) is 0 Å². The molecule has 38 heavy (non-hydrogen) atoms. The first kappa shape index (κ1) is 28.2. The van der Waals surface area contributed by atoms with E-state index < -0.39 is 23.5 Å². The normalized spacial score (nSPS) is 18.5. The maximum atomic E-state index is 13.7. The predicted molar refractivity (Wildman–Crippen MR) is 145 cm³/mol. The van der Waals surface area contributed by atoms with Crippen LogP contribution in [0.15, 0.2) is 30.7 Å². The number of hydrogen-bond acceptors (Lipinski definition) is 4. The molecule has 1 aliphatic carbocycles. The molecule has 1 aromatic heterocycles. The van der Waals surface area contributed by atoms with E-state index >= 15 is 0 Å². The first-order chi connectivity index (χ1) is 18.3. The molecule has 1 aliphatic heterocycles. The molecular weight excluding hydrogens is 529 g/mol. The number of amides is 3. The number of hydrogen-bond donors (Lipinski definition) is 4. The number of carbonyl (C=O) groups excluding carboxylic acids is 2. The molecule has 9 nitrogen and oxygen atoms in total. The smallest absolute Gasteiger partial charge is 0.315 e. The Kier molecular flexibility index (Phi) is 9.54. The Bertz CT molecular complexity index is 1110. The van der Waals surface area contributed by atoms with Crippen molar-refractivity contribution in [1.29, 1.82) is 0 Å². The van der Waals surface area contributed by atoms with Crippen molar-refractivity contribution in [3.05, 3.63) is 52.0 Å². The first-order valence-electron chi connectivity index (χ1n) is 13.3. The molecule has 1 saturated heterocycles. The summed E-state index contributed by atoms with van der Waals surface area (Å²) in [6.45, 7) is 1.06. The van der Waals surface area contributed by atoms with Crippen LogP contribution < -0.4 is 10.6 Å². The molecule has 4 rings (SSSR count). The number of aliphatic carboxylic acids is 1. The monoisotopic (exact) mass is 563 g/mol. The van der Waals surface area contributed by atoms with Gasteiger partial charge in [0.25, 0.3) is 0 Å². The summed E-state index contributed by atoms with van der Waals surface area (Å²) in [5.74, 6) is -0.837. The van der Waals surface area contributed by atoms with E-state index in [-0.39, 0.29) is 18.2 Å². The van der Waals surface area contributed by atoms with Crippen LogP contribution >= 0.6 is 23.2 Å². The number of nitrogens with one attached hydrogen (secondary N) is 3. The molecule has 1 saturated carbocycles. The highest BCUT2D eigenvalue weighted by Crippen LogP contribution is 2.46. The molecule has 0 bridgehead atoms. The number of carboxylic acid groups (broad SMARTS) is 1.